The van der Waals surface area contributed by atoms with Gasteiger partial charge in [0.15, 0.2) is 0 Å². The minimum atomic E-state index is -4.77. The fourth-order valence-electron chi connectivity index (χ4n) is 2.02. The van der Waals surface area contributed by atoms with Gasteiger partial charge in [-0.3, -0.25) is 0 Å². The Kier molecular flexibility index (Phi) is 5.41. The Morgan fingerprint density at radius 3 is 2.08 bits per heavy atom. The van der Waals surface area contributed by atoms with E-state index >= 15 is 0 Å². The van der Waals surface area contributed by atoms with Gasteiger partial charge >= 0.3 is 18.3 Å². The number of carbonyl (C=O) groups is 1. The molecule has 0 heterocycles. The van der Waals surface area contributed by atoms with Gasteiger partial charge in [-0.05, 0) is 42.0 Å². The summed E-state index contributed by atoms with van der Waals surface area (Å²) in [6.07, 6.45) is -9.38. The van der Waals surface area contributed by atoms with Crippen molar-refractivity contribution in [1.29, 1.82) is 0 Å². The Morgan fingerprint density at radius 1 is 0.962 bits per heavy atom. The van der Waals surface area contributed by atoms with Crippen LogP contribution < -0.4 is 4.74 Å². The molecule has 0 radical (unpaired) electrons. The summed E-state index contributed by atoms with van der Waals surface area (Å²) >= 11 is 5.69. The number of alkyl halides is 6. The molecule has 0 bridgehead atoms. The Balaban J connectivity index is 2.27. The summed E-state index contributed by atoms with van der Waals surface area (Å²) in [7, 11) is 0. The number of aromatic carboxylic acids is 1. The molecule has 2 aromatic rings. The topological polar surface area (TPSA) is 46.5 Å². The minimum Gasteiger partial charge on any atom is -0.487 e. The standard InChI is InChI=1S/C16H9ClF6O3/c17-12-6-10(15(18,19)20)1-2-13(12)26-7-8-3-9(14(24)25)5-11(4-8)16(21,22)23/h1-6H,7H2,(H,24,25). The fourth-order valence-corrected chi connectivity index (χ4v) is 2.25. The second-order valence-corrected chi connectivity index (χ2v) is 5.56. The zero-order valence-electron chi connectivity index (χ0n) is 12.6. The molecule has 3 nitrogen and oxygen atoms in total. The first-order valence-electron chi connectivity index (χ1n) is 6.82. The van der Waals surface area contributed by atoms with Crippen molar-refractivity contribution in [2.45, 2.75) is 19.0 Å². The Hall–Kier alpha value is -2.42. The Bertz CT molecular complexity index is 830. The summed E-state index contributed by atoms with van der Waals surface area (Å²) < 4.78 is 81.3. The van der Waals surface area contributed by atoms with E-state index in [1.54, 1.807) is 0 Å². The van der Waals surface area contributed by atoms with Crippen molar-refractivity contribution >= 4 is 17.6 Å². The van der Waals surface area contributed by atoms with Crippen LogP contribution in [0.3, 0.4) is 0 Å². The summed E-state index contributed by atoms with van der Waals surface area (Å²) in [5.74, 6) is -1.75. The number of hydrogen-bond donors (Lipinski definition) is 1. The number of carboxylic acid groups (broad SMARTS) is 1. The van der Waals surface area contributed by atoms with Gasteiger partial charge in [0.25, 0.3) is 0 Å². The molecule has 0 saturated carbocycles. The summed E-state index contributed by atoms with van der Waals surface area (Å²) in [5.41, 5.74) is -2.93. The zero-order chi connectivity index (χ0) is 19.7. The molecule has 0 aromatic heterocycles. The van der Waals surface area contributed by atoms with E-state index in [0.717, 1.165) is 12.1 Å². The second-order valence-electron chi connectivity index (χ2n) is 5.15. The molecule has 2 rings (SSSR count). The van der Waals surface area contributed by atoms with Crippen molar-refractivity contribution in [2.75, 3.05) is 0 Å². The average molecular weight is 399 g/mol. The first-order valence-corrected chi connectivity index (χ1v) is 7.20. The van der Waals surface area contributed by atoms with Gasteiger partial charge < -0.3 is 9.84 Å². The van der Waals surface area contributed by atoms with Gasteiger partial charge in [0.1, 0.15) is 12.4 Å². The molecule has 0 aliphatic rings. The zero-order valence-corrected chi connectivity index (χ0v) is 13.3. The molecule has 2 aromatic carbocycles. The normalized spacial score (nSPS) is 12.1. The Labute approximate surface area is 147 Å². The van der Waals surface area contributed by atoms with Crippen molar-refractivity contribution in [3.05, 3.63) is 63.7 Å². The maximum Gasteiger partial charge on any atom is 0.416 e. The van der Waals surface area contributed by atoms with Gasteiger partial charge in [-0.1, -0.05) is 11.6 Å². The Morgan fingerprint density at radius 2 is 1.58 bits per heavy atom. The van der Waals surface area contributed by atoms with Crippen molar-refractivity contribution in [3.8, 4) is 5.75 Å². The molecule has 0 saturated heterocycles. The van der Waals surface area contributed by atoms with E-state index in [1.165, 1.54) is 0 Å². The average Bonchev–Trinajstić information content (AvgIpc) is 2.51. The van der Waals surface area contributed by atoms with Gasteiger partial charge in [0, 0.05) is 0 Å². The third kappa shape index (κ3) is 4.81. The molecular formula is C16H9ClF6O3. The molecule has 0 amide bonds. The largest absolute Gasteiger partial charge is 0.487 e. The summed E-state index contributed by atoms with van der Waals surface area (Å²) in [5, 5.41) is 8.52. The van der Waals surface area contributed by atoms with Crippen LogP contribution in [-0.2, 0) is 19.0 Å². The highest BCUT2D eigenvalue weighted by Crippen LogP contribution is 2.35. The van der Waals surface area contributed by atoms with Crippen molar-refractivity contribution in [1.82, 2.24) is 0 Å². The van der Waals surface area contributed by atoms with Crippen LogP contribution in [0, 0.1) is 0 Å². The molecule has 0 aliphatic carbocycles. The number of rotatable bonds is 4. The smallest absolute Gasteiger partial charge is 0.416 e. The molecule has 0 unspecified atom stereocenters. The van der Waals surface area contributed by atoms with Gasteiger partial charge in [-0.2, -0.15) is 26.3 Å². The van der Waals surface area contributed by atoms with Gasteiger partial charge in [0.2, 0.25) is 0 Å². The van der Waals surface area contributed by atoms with E-state index in [2.05, 4.69) is 0 Å². The third-order valence-corrected chi connectivity index (χ3v) is 3.52. The van der Waals surface area contributed by atoms with Crippen LogP contribution in [0.25, 0.3) is 0 Å². The minimum absolute atomic E-state index is 0.131. The van der Waals surface area contributed by atoms with Crippen LogP contribution in [-0.4, -0.2) is 11.1 Å². The first kappa shape index (κ1) is 19.9. The molecule has 0 spiro atoms. The molecule has 0 atom stereocenters. The van der Waals surface area contributed by atoms with Crippen LogP contribution in [0.2, 0.25) is 5.02 Å². The highest BCUT2D eigenvalue weighted by molar-refractivity contribution is 6.32. The molecule has 10 heteroatoms. The van der Waals surface area contributed by atoms with E-state index < -0.39 is 41.6 Å². The third-order valence-electron chi connectivity index (χ3n) is 3.22. The molecule has 1 N–H and O–H groups in total. The van der Waals surface area contributed by atoms with Crippen LogP contribution >= 0.6 is 11.6 Å². The number of ether oxygens (including phenoxy) is 1. The number of hydrogen-bond acceptors (Lipinski definition) is 2. The first-order chi connectivity index (χ1) is 11.9. The van der Waals surface area contributed by atoms with Gasteiger partial charge in [-0.25, -0.2) is 4.79 Å². The van der Waals surface area contributed by atoms with Crippen molar-refractivity contribution in [3.63, 3.8) is 0 Å². The van der Waals surface area contributed by atoms with Crippen LogP contribution in [0.1, 0.15) is 27.0 Å². The highest BCUT2D eigenvalue weighted by Gasteiger charge is 2.32. The van der Waals surface area contributed by atoms with Crippen molar-refractivity contribution in [2.24, 2.45) is 0 Å². The fraction of sp³-hybridized carbons (Fsp3) is 0.188. The molecule has 26 heavy (non-hydrogen) atoms. The van der Waals surface area contributed by atoms with Crippen LogP contribution in [0.5, 0.6) is 5.75 Å². The van der Waals surface area contributed by atoms with E-state index in [4.69, 9.17) is 21.4 Å². The quantitative estimate of drug-likeness (QED) is 0.676. The van der Waals surface area contributed by atoms with Crippen molar-refractivity contribution < 1.29 is 41.0 Å². The molecular weight excluding hydrogens is 390 g/mol. The number of halogens is 7. The number of carboxylic acids is 1. The molecule has 0 aliphatic heterocycles. The van der Waals surface area contributed by atoms with Gasteiger partial charge in [-0.15, -0.1) is 0 Å². The SMILES string of the molecule is O=C(O)c1cc(COc2ccc(C(F)(F)F)cc2Cl)cc(C(F)(F)F)c1. The van der Waals surface area contributed by atoms with E-state index in [-0.39, 0.29) is 16.3 Å². The predicted octanol–water partition coefficient (Wildman–Crippen LogP) is 5.65. The number of benzene rings is 2. The lowest BCUT2D eigenvalue weighted by molar-refractivity contribution is -0.138. The lowest BCUT2D eigenvalue weighted by Gasteiger charge is -2.13. The predicted molar refractivity (Wildman–Crippen MR) is 79.2 cm³/mol. The maximum atomic E-state index is 12.8. The molecule has 140 valence electrons. The van der Waals surface area contributed by atoms with Gasteiger partial charge in [0.05, 0.1) is 21.7 Å². The maximum absolute atomic E-state index is 12.8. The highest BCUT2D eigenvalue weighted by atomic mass is 35.5. The van der Waals surface area contributed by atoms with E-state index in [0.29, 0.717) is 24.3 Å². The lowest BCUT2D eigenvalue weighted by atomic mass is 10.1. The van der Waals surface area contributed by atoms with Crippen LogP contribution in [0.15, 0.2) is 36.4 Å². The van der Waals surface area contributed by atoms with E-state index in [1.807, 2.05) is 0 Å². The summed E-state index contributed by atoms with van der Waals surface area (Å²) in [6, 6.07) is 4.37. The summed E-state index contributed by atoms with van der Waals surface area (Å²) in [6.45, 7) is -0.519. The summed E-state index contributed by atoms with van der Waals surface area (Å²) in [4.78, 5) is 11.0. The van der Waals surface area contributed by atoms with Crippen LogP contribution in [0.4, 0.5) is 26.3 Å². The second kappa shape index (κ2) is 7.06. The van der Waals surface area contributed by atoms with E-state index in [9.17, 15) is 31.1 Å². The molecule has 0 fully saturated rings. The monoisotopic (exact) mass is 398 g/mol. The lowest BCUT2D eigenvalue weighted by Crippen LogP contribution is -2.10.